The van der Waals surface area contributed by atoms with Gasteiger partial charge in [-0.25, -0.2) is 9.36 Å². The third-order valence-electron chi connectivity index (χ3n) is 12.4. The molecule has 3 saturated carbocycles. The van der Waals surface area contributed by atoms with E-state index in [4.69, 9.17) is 4.74 Å². The number of aliphatic hydroxyl groups is 1. The Bertz CT molecular complexity index is 1540. The lowest BCUT2D eigenvalue weighted by atomic mass is 9.40. The predicted molar refractivity (Wildman–Crippen MR) is 148 cm³/mol. The van der Waals surface area contributed by atoms with Crippen molar-refractivity contribution in [2.45, 2.75) is 89.8 Å². The summed E-state index contributed by atoms with van der Waals surface area (Å²) in [6.07, 6.45) is 10.3. The quantitative estimate of drug-likeness (QED) is 0.470. The molecule has 0 radical (unpaired) electrons. The van der Waals surface area contributed by atoms with Gasteiger partial charge in [0, 0.05) is 25.4 Å². The Hall–Kier alpha value is -2.67. The maximum atomic E-state index is 14.6. The Balaban J connectivity index is 1.56. The molecule has 2 aliphatic heterocycles. The first kappa shape index (κ1) is 25.3. The van der Waals surface area contributed by atoms with Crippen molar-refractivity contribution >= 4 is 16.7 Å². The van der Waals surface area contributed by atoms with Crippen LogP contribution in [0.2, 0.25) is 0 Å². The van der Waals surface area contributed by atoms with Crippen LogP contribution in [0.5, 0.6) is 0 Å². The van der Waals surface area contributed by atoms with Crippen LogP contribution < -0.4 is 11.1 Å². The zero-order valence-electron chi connectivity index (χ0n) is 23.5. The van der Waals surface area contributed by atoms with E-state index in [1.54, 1.807) is 12.1 Å². The summed E-state index contributed by atoms with van der Waals surface area (Å²) in [5, 5.41) is 11.1. The summed E-state index contributed by atoms with van der Waals surface area (Å²) in [6, 6.07) is 7.23. The largest absolute Gasteiger partial charge is 0.462 e. The highest BCUT2D eigenvalue weighted by Crippen LogP contribution is 2.74. The van der Waals surface area contributed by atoms with Crippen LogP contribution in [0.4, 0.5) is 0 Å². The molecule has 2 spiro atoms. The number of esters is 1. The Morgan fingerprint density at radius 3 is 2.36 bits per heavy atom. The van der Waals surface area contributed by atoms with E-state index in [-0.39, 0.29) is 58.4 Å². The molecule has 0 amide bonds. The number of aliphatic hydroxyl groups excluding tert-OH is 1. The van der Waals surface area contributed by atoms with Gasteiger partial charge in [-0.05, 0) is 79.7 Å². The van der Waals surface area contributed by atoms with Crippen molar-refractivity contribution < 1.29 is 14.6 Å². The van der Waals surface area contributed by atoms with Crippen molar-refractivity contribution in [1.29, 1.82) is 0 Å². The van der Waals surface area contributed by atoms with Crippen molar-refractivity contribution in [3.63, 3.8) is 0 Å². The molecule has 1 N–H and O–H groups in total. The first-order chi connectivity index (χ1) is 18.5. The summed E-state index contributed by atoms with van der Waals surface area (Å²) in [4.78, 5) is 41.1. The van der Waals surface area contributed by atoms with E-state index in [9.17, 15) is 19.5 Å². The van der Waals surface area contributed by atoms with E-state index in [1.165, 1.54) is 6.92 Å². The van der Waals surface area contributed by atoms with Gasteiger partial charge in [0.1, 0.15) is 6.10 Å². The number of aromatic nitrogens is 2. The molecule has 3 heterocycles. The molecule has 2 bridgehead atoms. The molecular weight excluding hydrogens is 492 g/mol. The molecule has 6 aliphatic rings. The maximum Gasteiger partial charge on any atom is 0.302 e. The van der Waals surface area contributed by atoms with E-state index >= 15 is 0 Å². The normalized spacial score (nSPS) is 42.4. The van der Waals surface area contributed by atoms with Crippen LogP contribution in [0.1, 0.15) is 72.6 Å². The van der Waals surface area contributed by atoms with E-state index < -0.39 is 11.1 Å². The standard InChI is InChI=1S/C32H40N2O5/c1-19(18-35)24-9-10-25-29(24,3)13-12-26-30(4)14-11-21(39-20(2)36)17-31(30)15-16-32(25,26)34-28(38)23-8-6-5-7-22(23)27(37)33(31)34/h5-8,15-16,19,21,24-26,35H,9-14,17-18H2,1-4H3/t19-,21+,24-,25-,26-,29-,30-,31?,32?/m1/s1. The molecule has 1 aromatic carbocycles. The summed E-state index contributed by atoms with van der Waals surface area (Å²) in [5.41, 5.74) is -1.90. The molecule has 2 aromatic rings. The van der Waals surface area contributed by atoms with Gasteiger partial charge < -0.3 is 9.84 Å². The van der Waals surface area contributed by atoms with Crippen molar-refractivity contribution in [3.05, 3.63) is 57.1 Å². The highest BCUT2D eigenvalue weighted by molar-refractivity contribution is 5.80. The summed E-state index contributed by atoms with van der Waals surface area (Å²) in [6.45, 7) is 8.48. The van der Waals surface area contributed by atoms with E-state index in [0.29, 0.717) is 23.1 Å². The summed E-state index contributed by atoms with van der Waals surface area (Å²) < 4.78 is 9.50. The van der Waals surface area contributed by atoms with Crippen molar-refractivity contribution in [2.75, 3.05) is 6.61 Å². The van der Waals surface area contributed by atoms with E-state index in [2.05, 4.69) is 32.9 Å². The number of allylic oxidation sites excluding steroid dienone is 2. The molecule has 3 fully saturated rings. The van der Waals surface area contributed by atoms with Gasteiger partial charge in [0.05, 0.1) is 21.9 Å². The van der Waals surface area contributed by atoms with Gasteiger partial charge in [0.25, 0.3) is 11.1 Å². The maximum absolute atomic E-state index is 14.6. The minimum absolute atomic E-state index is 0.0441. The molecule has 7 nitrogen and oxygen atoms in total. The molecular formula is C32H40N2O5. The Labute approximate surface area is 228 Å². The van der Waals surface area contributed by atoms with Crippen LogP contribution in [0.15, 0.2) is 46.0 Å². The summed E-state index contributed by atoms with van der Waals surface area (Å²) in [7, 11) is 0. The molecule has 208 valence electrons. The number of fused-ring (bicyclic) bond motifs is 2. The van der Waals surface area contributed by atoms with Crippen LogP contribution in [0, 0.1) is 34.5 Å². The molecule has 39 heavy (non-hydrogen) atoms. The minimum atomic E-state index is -0.748. The van der Waals surface area contributed by atoms with Crippen LogP contribution in [0.25, 0.3) is 10.8 Å². The fourth-order valence-electron chi connectivity index (χ4n) is 10.9. The number of benzene rings is 1. The van der Waals surface area contributed by atoms with Gasteiger partial charge in [-0.2, -0.15) is 0 Å². The molecule has 7 heteroatoms. The van der Waals surface area contributed by atoms with Gasteiger partial charge in [-0.15, -0.1) is 0 Å². The molecule has 0 saturated heterocycles. The highest BCUT2D eigenvalue weighted by Gasteiger charge is 2.74. The number of rotatable bonds is 3. The number of nitrogens with zero attached hydrogens (tertiary/aromatic N) is 2. The topological polar surface area (TPSA) is 90.5 Å². The first-order valence-electron chi connectivity index (χ1n) is 14.8. The molecule has 1 aromatic heterocycles. The fourth-order valence-corrected chi connectivity index (χ4v) is 10.9. The molecule has 9 atom stereocenters. The zero-order chi connectivity index (χ0) is 27.5. The van der Waals surface area contributed by atoms with E-state index in [0.717, 1.165) is 38.5 Å². The Morgan fingerprint density at radius 1 is 1.00 bits per heavy atom. The fraction of sp³-hybridized carbons (Fsp3) is 0.656. The van der Waals surface area contributed by atoms with Gasteiger partial charge in [-0.1, -0.05) is 45.1 Å². The molecule has 4 aliphatic carbocycles. The monoisotopic (exact) mass is 532 g/mol. The predicted octanol–water partition coefficient (Wildman–Crippen LogP) is 4.33. The van der Waals surface area contributed by atoms with Crippen molar-refractivity contribution in [3.8, 4) is 0 Å². The van der Waals surface area contributed by atoms with Crippen molar-refractivity contribution in [1.82, 2.24) is 9.36 Å². The number of ether oxygens (including phenoxy) is 1. The summed E-state index contributed by atoms with van der Waals surface area (Å²) in [5.74, 6) is 0.622. The SMILES string of the molecule is CC(=O)O[C@H]1CC[C@]2(C)[C@H]3CC[C@]4(C)[C@@H]([C@H](C)CO)CC[C@H]4C34C=CC2(C1)n1c(=O)c2ccccc2c(=O)n14. The average Bonchev–Trinajstić information content (AvgIpc) is 3.28. The van der Waals surface area contributed by atoms with E-state index in [1.807, 2.05) is 21.5 Å². The Kier molecular flexibility index (Phi) is 5.16. The number of hydrogen-bond acceptors (Lipinski definition) is 5. The van der Waals surface area contributed by atoms with Crippen LogP contribution in [-0.4, -0.2) is 33.2 Å². The number of carbonyl (C=O) groups excluding carboxylic acids is 1. The van der Waals surface area contributed by atoms with Gasteiger partial charge in [0.15, 0.2) is 0 Å². The lowest BCUT2D eigenvalue weighted by molar-refractivity contribution is -0.206. The first-order valence-corrected chi connectivity index (χ1v) is 14.8. The second-order valence-electron chi connectivity index (χ2n) is 13.8. The van der Waals surface area contributed by atoms with Crippen LogP contribution in [-0.2, 0) is 20.6 Å². The molecule has 2 unspecified atom stereocenters. The third-order valence-corrected chi connectivity index (χ3v) is 12.4. The van der Waals surface area contributed by atoms with Crippen LogP contribution >= 0.6 is 0 Å². The van der Waals surface area contributed by atoms with Crippen LogP contribution in [0.3, 0.4) is 0 Å². The smallest absolute Gasteiger partial charge is 0.302 e. The Morgan fingerprint density at radius 2 is 1.69 bits per heavy atom. The lowest BCUT2D eigenvalue weighted by Gasteiger charge is -2.72. The minimum Gasteiger partial charge on any atom is -0.462 e. The van der Waals surface area contributed by atoms with Gasteiger partial charge in [-0.3, -0.25) is 14.4 Å². The second-order valence-corrected chi connectivity index (χ2v) is 13.8. The second kappa shape index (κ2) is 7.96. The summed E-state index contributed by atoms with van der Waals surface area (Å²) >= 11 is 0. The number of hydrogen-bond donors (Lipinski definition) is 1. The zero-order valence-corrected chi connectivity index (χ0v) is 23.5. The molecule has 8 rings (SSSR count). The van der Waals surface area contributed by atoms with Crippen molar-refractivity contribution in [2.24, 2.45) is 34.5 Å². The lowest BCUT2D eigenvalue weighted by Crippen LogP contribution is -2.78. The number of carbonyl (C=O) groups is 1. The van der Waals surface area contributed by atoms with Gasteiger partial charge in [0.2, 0.25) is 0 Å². The third kappa shape index (κ3) is 2.80. The highest BCUT2D eigenvalue weighted by atomic mass is 16.5. The van der Waals surface area contributed by atoms with Gasteiger partial charge >= 0.3 is 5.97 Å². The average molecular weight is 533 g/mol.